The summed E-state index contributed by atoms with van der Waals surface area (Å²) in [7, 11) is 0. The molecule has 24 heavy (non-hydrogen) atoms. The van der Waals surface area contributed by atoms with Crippen molar-refractivity contribution in [3.8, 4) is 0 Å². The molecule has 0 unspecified atom stereocenters. The van der Waals surface area contributed by atoms with Crippen molar-refractivity contribution < 1.29 is 4.79 Å². The van der Waals surface area contributed by atoms with Crippen LogP contribution in [0.25, 0.3) is 5.65 Å². The van der Waals surface area contributed by atoms with Crippen molar-refractivity contribution >= 4 is 11.6 Å². The molecule has 5 heteroatoms. The van der Waals surface area contributed by atoms with Crippen LogP contribution >= 0.6 is 0 Å². The van der Waals surface area contributed by atoms with Gasteiger partial charge in [-0.05, 0) is 51.8 Å². The Bertz CT molecular complexity index is 775. The van der Waals surface area contributed by atoms with E-state index in [2.05, 4.69) is 16.8 Å². The summed E-state index contributed by atoms with van der Waals surface area (Å²) in [6.45, 7) is 9.17. The lowest BCUT2D eigenvalue weighted by Gasteiger charge is -2.49. The molecule has 128 valence electrons. The third kappa shape index (κ3) is 2.51. The zero-order valence-electron chi connectivity index (χ0n) is 14.8. The van der Waals surface area contributed by atoms with Gasteiger partial charge in [-0.25, -0.2) is 4.98 Å². The number of imidazole rings is 1. The number of carbonyl (C=O) groups is 1. The van der Waals surface area contributed by atoms with Crippen LogP contribution < -0.4 is 0 Å². The van der Waals surface area contributed by atoms with Gasteiger partial charge in [-0.15, -0.1) is 0 Å². The largest absolute Gasteiger partial charge is 0.334 e. The molecule has 0 saturated carbocycles. The Morgan fingerprint density at radius 2 is 2.00 bits per heavy atom. The highest BCUT2D eigenvalue weighted by Crippen LogP contribution is 2.26. The van der Waals surface area contributed by atoms with Crippen molar-refractivity contribution in [1.82, 2.24) is 19.2 Å². The zero-order valence-corrected chi connectivity index (χ0v) is 14.8. The number of nitrogens with zero attached hydrogens (tertiary/aromatic N) is 4. The van der Waals surface area contributed by atoms with E-state index in [1.165, 1.54) is 25.8 Å². The summed E-state index contributed by atoms with van der Waals surface area (Å²) in [6.07, 6.45) is 5.93. The molecule has 2 saturated heterocycles. The monoisotopic (exact) mass is 326 g/mol. The molecule has 2 fully saturated rings. The van der Waals surface area contributed by atoms with Crippen LogP contribution in [0, 0.1) is 13.8 Å². The van der Waals surface area contributed by atoms with Gasteiger partial charge in [-0.3, -0.25) is 14.1 Å². The topological polar surface area (TPSA) is 40.9 Å². The number of hydrogen-bond donors (Lipinski definition) is 0. The number of pyridine rings is 1. The van der Waals surface area contributed by atoms with Gasteiger partial charge < -0.3 is 4.90 Å². The summed E-state index contributed by atoms with van der Waals surface area (Å²) in [5.41, 5.74) is 3.53. The Labute approximate surface area is 143 Å². The van der Waals surface area contributed by atoms with E-state index in [0.717, 1.165) is 35.7 Å². The molecule has 2 aliphatic rings. The minimum atomic E-state index is 0.117. The van der Waals surface area contributed by atoms with Gasteiger partial charge in [0.1, 0.15) is 11.3 Å². The highest BCUT2D eigenvalue weighted by molar-refractivity contribution is 5.95. The fourth-order valence-corrected chi connectivity index (χ4v) is 4.17. The molecule has 0 spiro atoms. The second-order valence-electron chi connectivity index (χ2n) is 7.43. The van der Waals surface area contributed by atoms with Crippen molar-refractivity contribution in [2.75, 3.05) is 19.6 Å². The second kappa shape index (κ2) is 5.88. The van der Waals surface area contributed by atoms with Crippen LogP contribution in [-0.2, 0) is 0 Å². The summed E-state index contributed by atoms with van der Waals surface area (Å²) in [5, 5.41) is 0. The maximum Gasteiger partial charge on any atom is 0.272 e. The Kier molecular flexibility index (Phi) is 3.83. The fraction of sp³-hybridized carbons (Fsp3) is 0.579. The highest BCUT2D eigenvalue weighted by atomic mass is 16.2. The molecule has 1 amide bonds. The summed E-state index contributed by atoms with van der Waals surface area (Å²) < 4.78 is 1.95. The minimum absolute atomic E-state index is 0.117. The quantitative estimate of drug-likeness (QED) is 0.852. The van der Waals surface area contributed by atoms with Gasteiger partial charge in [0.2, 0.25) is 0 Å². The number of aromatic nitrogens is 2. The van der Waals surface area contributed by atoms with Crippen molar-refractivity contribution in [2.24, 2.45) is 0 Å². The Morgan fingerprint density at radius 1 is 1.21 bits per heavy atom. The Morgan fingerprint density at radius 3 is 2.75 bits per heavy atom. The average molecular weight is 326 g/mol. The van der Waals surface area contributed by atoms with E-state index in [1.54, 1.807) is 0 Å². The molecule has 2 aromatic rings. The number of aryl methyl sites for hydroxylation is 2. The van der Waals surface area contributed by atoms with E-state index in [4.69, 9.17) is 0 Å². The van der Waals surface area contributed by atoms with Gasteiger partial charge in [0.15, 0.2) is 0 Å². The number of likely N-dealkylation sites (tertiary alicyclic amines) is 2. The van der Waals surface area contributed by atoms with Crippen LogP contribution in [0.4, 0.5) is 0 Å². The maximum atomic E-state index is 13.0. The molecular weight excluding hydrogens is 300 g/mol. The first-order valence-electron chi connectivity index (χ1n) is 9.05. The molecular formula is C19H26N4O. The third-order valence-corrected chi connectivity index (χ3v) is 5.62. The smallest absolute Gasteiger partial charge is 0.272 e. The summed E-state index contributed by atoms with van der Waals surface area (Å²) in [4.78, 5) is 22.1. The summed E-state index contributed by atoms with van der Waals surface area (Å²) >= 11 is 0. The standard InChI is InChI=1S/C19H26N4O/c1-13-7-8-17-20-15(3)18(23(17)10-13)19(24)21-11-16(12-21)22-9-5-4-6-14(22)2/h7-8,10,14,16H,4-6,9,11-12H2,1-3H3/t14-/m0/s1. The van der Waals surface area contributed by atoms with E-state index in [-0.39, 0.29) is 5.91 Å². The first kappa shape index (κ1) is 15.6. The van der Waals surface area contributed by atoms with Crippen molar-refractivity contribution in [3.05, 3.63) is 35.3 Å². The minimum Gasteiger partial charge on any atom is -0.334 e. The van der Waals surface area contributed by atoms with Gasteiger partial charge in [0, 0.05) is 31.4 Å². The maximum absolute atomic E-state index is 13.0. The van der Waals surface area contributed by atoms with Crippen LogP contribution in [0.3, 0.4) is 0 Å². The van der Waals surface area contributed by atoms with Crippen LogP contribution in [0.2, 0.25) is 0 Å². The molecule has 0 aromatic carbocycles. The lowest BCUT2D eigenvalue weighted by Crippen LogP contribution is -2.63. The van der Waals surface area contributed by atoms with E-state index >= 15 is 0 Å². The molecule has 0 bridgehead atoms. The van der Waals surface area contributed by atoms with Crippen LogP contribution in [-0.4, -0.2) is 56.8 Å². The molecule has 4 heterocycles. The number of piperidine rings is 1. The van der Waals surface area contributed by atoms with Crippen LogP contribution in [0.15, 0.2) is 18.3 Å². The molecule has 5 nitrogen and oxygen atoms in total. The average Bonchev–Trinajstić information content (AvgIpc) is 2.82. The SMILES string of the molecule is Cc1ccc2nc(C)c(C(=O)N3CC(N4CCCC[C@@H]4C)C3)n2c1. The number of rotatable bonds is 2. The first-order chi connectivity index (χ1) is 11.5. The third-order valence-electron chi connectivity index (χ3n) is 5.62. The molecule has 2 aliphatic heterocycles. The van der Waals surface area contributed by atoms with Gasteiger partial charge in [0.25, 0.3) is 5.91 Å². The first-order valence-corrected chi connectivity index (χ1v) is 9.05. The Hall–Kier alpha value is -1.88. The lowest BCUT2D eigenvalue weighted by atomic mass is 9.97. The zero-order chi connectivity index (χ0) is 16.8. The van der Waals surface area contributed by atoms with Crippen molar-refractivity contribution in [3.63, 3.8) is 0 Å². The molecule has 0 aliphatic carbocycles. The van der Waals surface area contributed by atoms with E-state index in [9.17, 15) is 4.79 Å². The number of amides is 1. The van der Waals surface area contributed by atoms with Gasteiger partial charge in [-0.1, -0.05) is 12.5 Å². The highest BCUT2D eigenvalue weighted by Gasteiger charge is 2.38. The van der Waals surface area contributed by atoms with E-state index in [0.29, 0.717) is 12.1 Å². The molecule has 0 N–H and O–H groups in total. The fourth-order valence-electron chi connectivity index (χ4n) is 4.17. The van der Waals surface area contributed by atoms with E-state index < -0.39 is 0 Å². The van der Waals surface area contributed by atoms with Gasteiger partial charge in [0.05, 0.1) is 5.69 Å². The lowest BCUT2D eigenvalue weighted by molar-refractivity contribution is 0.00171. The molecule has 0 radical (unpaired) electrons. The van der Waals surface area contributed by atoms with Crippen LogP contribution in [0.1, 0.15) is 47.9 Å². The number of carbonyl (C=O) groups excluding carboxylic acids is 1. The Balaban J connectivity index is 1.52. The van der Waals surface area contributed by atoms with Crippen molar-refractivity contribution in [1.29, 1.82) is 0 Å². The van der Waals surface area contributed by atoms with Gasteiger partial charge in [-0.2, -0.15) is 0 Å². The van der Waals surface area contributed by atoms with Crippen LogP contribution in [0.5, 0.6) is 0 Å². The predicted octanol–water partition coefficient (Wildman–Crippen LogP) is 2.65. The molecule has 4 rings (SSSR count). The predicted molar refractivity (Wildman–Crippen MR) is 94.4 cm³/mol. The van der Waals surface area contributed by atoms with Gasteiger partial charge >= 0.3 is 0 Å². The summed E-state index contributed by atoms with van der Waals surface area (Å²) in [6, 6.07) is 5.20. The normalized spacial score (nSPS) is 22.8. The van der Waals surface area contributed by atoms with Crippen molar-refractivity contribution in [2.45, 2.75) is 52.1 Å². The molecule has 1 atom stereocenters. The molecule has 2 aromatic heterocycles. The number of hydrogen-bond acceptors (Lipinski definition) is 3. The van der Waals surface area contributed by atoms with E-state index in [1.807, 2.05) is 41.5 Å². The second-order valence-corrected chi connectivity index (χ2v) is 7.43. The number of fused-ring (bicyclic) bond motifs is 1. The summed E-state index contributed by atoms with van der Waals surface area (Å²) in [5.74, 6) is 0.117.